The Kier molecular flexibility index (Phi) is 1.66. The molecule has 14 heavy (non-hydrogen) atoms. The highest BCUT2D eigenvalue weighted by Crippen LogP contribution is 2.27. The molecule has 0 aliphatic heterocycles. The zero-order chi connectivity index (χ0) is 9.38. The van der Waals surface area contributed by atoms with E-state index in [0.29, 0.717) is 0 Å². The van der Waals surface area contributed by atoms with Crippen LogP contribution in [0.2, 0.25) is 0 Å². The van der Waals surface area contributed by atoms with Crippen LogP contribution in [0.25, 0.3) is 16.8 Å². The number of benzene rings is 2. The summed E-state index contributed by atoms with van der Waals surface area (Å²) in [7, 11) is 0. The van der Waals surface area contributed by atoms with E-state index in [9.17, 15) is 0 Å². The van der Waals surface area contributed by atoms with Crippen molar-refractivity contribution in [1.82, 2.24) is 0 Å². The van der Waals surface area contributed by atoms with Crippen LogP contribution in [0.5, 0.6) is 0 Å². The first-order chi connectivity index (χ1) is 6.95. The molecule has 0 atom stereocenters. The Morgan fingerprint density at radius 3 is 2.86 bits per heavy atom. The smallest absolute Gasteiger partial charge is 0.0109 e. The maximum atomic E-state index is 2.27. The maximum Gasteiger partial charge on any atom is -0.0109 e. The summed E-state index contributed by atoms with van der Waals surface area (Å²) in [5.74, 6) is 0. The van der Waals surface area contributed by atoms with Crippen molar-refractivity contribution in [3.63, 3.8) is 0 Å². The molecule has 3 rings (SSSR count). The van der Waals surface area contributed by atoms with Gasteiger partial charge in [0.1, 0.15) is 0 Å². The highest BCUT2D eigenvalue weighted by Gasteiger charge is 2.06. The van der Waals surface area contributed by atoms with Crippen LogP contribution in [0.3, 0.4) is 0 Å². The predicted octanol–water partition coefficient (Wildman–Crippen LogP) is 3.80. The van der Waals surface area contributed by atoms with Gasteiger partial charge in [-0.15, -0.1) is 0 Å². The van der Waals surface area contributed by atoms with Gasteiger partial charge in [0.2, 0.25) is 0 Å². The van der Waals surface area contributed by atoms with Gasteiger partial charge in [-0.1, -0.05) is 48.6 Å². The molecule has 0 aromatic heterocycles. The predicted molar refractivity (Wildman–Crippen MR) is 61.3 cm³/mol. The largest absolute Gasteiger partial charge is 0.0836 e. The van der Waals surface area contributed by atoms with Gasteiger partial charge < -0.3 is 0 Å². The molecule has 0 heteroatoms. The molecule has 0 N–H and O–H groups in total. The van der Waals surface area contributed by atoms with E-state index in [0.717, 1.165) is 0 Å². The van der Waals surface area contributed by atoms with Crippen molar-refractivity contribution in [1.29, 1.82) is 0 Å². The fraction of sp³-hybridized carbons (Fsp3) is 0.143. The van der Waals surface area contributed by atoms with Crippen LogP contribution in [-0.2, 0) is 6.42 Å². The lowest BCUT2D eigenvalue weighted by Gasteiger charge is -2.12. The fourth-order valence-electron chi connectivity index (χ4n) is 2.20. The molecule has 0 bridgehead atoms. The second kappa shape index (κ2) is 2.98. The van der Waals surface area contributed by atoms with Gasteiger partial charge in [-0.2, -0.15) is 0 Å². The van der Waals surface area contributed by atoms with E-state index in [4.69, 9.17) is 0 Å². The van der Waals surface area contributed by atoms with E-state index < -0.39 is 0 Å². The number of allylic oxidation sites excluding steroid dienone is 1. The number of fused-ring (bicyclic) bond motifs is 3. The molecule has 0 unspecified atom stereocenters. The van der Waals surface area contributed by atoms with Crippen LogP contribution in [0, 0.1) is 0 Å². The Balaban J connectivity index is 2.42. The maximum absolute atomic E-state index is 2.27. The fourth-order valence-corrected chi connectivity index (χ4v) is 2.20. The lowest BCUT2D eigenvalue weighted by atomic mass is 9.92. The summed E-state index contributed by atoms with van der Waals surface area (Å²) in [5, 5.41) is 2.73. The first-order valence-electron chi connectivity index (χ1n) is 5.12. The molecule has 0 fully saturated rings. The Morgan fingerprint density at radius 2 is 1.86 bits per heavy atom. The average Bonchev–Trinajstić information content (AvgIpc) is 2.29. The van der Waals surface area contributed by atoms with Crippen LogP contribution in [-0.4, -0.2) is 0 Å². The Labute approximate surface area is 83.9 Å². The average molecular weight is 180 g/mol. The summed E-state index contributed by atoms with van der Waals surface area (Å²) >= 11 is 0. The van der Waals surface area contributed by atoms with Gasteiger partial charge in [-0.25, -0.2) is 0 Å². The minimum Gasteiger partial charge on any atom is -0.0836 e. The van der Waals surface area contributed by atoms with E-state index in [1.807, 2.05) is 0 Å². The highest BCUT2D eigenvalue weighted by molar-refractivity contribution is 5.92. The SMILES string of the molecule is C1=Cc2c(ccc3ccccc23)CC1. The first-order valence-corrected chi connectivity index (χ1v) is 5.12. The van der Waals surface area contributed by atoms with Gasteiger partial charge in [0.15, 0.2) is 0 Å². The lowest BCUT2D eigenvalue weighted by Crippen LogP contribution is -1.94. The van der Waals surface area contributed by atoms with Crippen molar-refractivity contribution in [3.05, 3.63) is 53.6 Å². The van der Waals surface area contributed by atoms with Crippen molar-refractivity contribution >= 4 is 16.8 Å². The molecular weight excluding hydrogens is 168 g/mol. The molecule has 1 aliphatic carbocycles. The second-order valence-electron chi connectivity index (χ2n) is 3.80. The molecular formula is C14H12. The molecule has 0 spiro atoms. The zero-order valence-electron chi connectivity index (χ0n) is 8.03. The van der Waals surface area contributed by atoms with Gasteiger partial charge >= 0.3 is 0 Å². The minimum absolute atomic E-state index is 1.19. The minimum atomic E-state index is 1.19. The van der Waals surface area contributed by atoms with Gasteiger partial charge in [0, 0.05) is 0 Å². The molecule has 0 radical (unpaired) electrons. The Morgan fingerprint density at radius 1 is 0.929 bits per heavy atom. The normalized spacial score (nSPS) is 14.3. The quantitative estimate of drug-likeness (QED) is 0.578. The Bertz CT molecular complexity index is 506. The monoisotopic (exact) mass is 180 g/mol. The van der Waals surface area contributed by atoms with Crippen LogP contribution in [0.1, 0.15) is 17.5 Å². The van der Waals surface area contributed by atoms with Crippen LogP contribution >= 0.6 is 0 Å². The summed E-state index contributed by atoms with van der Waals surface area (Å²) in [6.45, 7) is 0. The number of hydrogen-bond acceptors (Lipinski definition) is 0. The van der Waals surface area contributed by atoms with Crippen LogP contribution < -0.4 is 0 Å². The van der Waals surface area contributed by atoms with Crippen molar-refractivity contribution < 1.29 is 0 Å². The molecule has 68 valence electrons. The topological polar surface area (TPSA) is 0 Å². The van der Waals surface area contributed by atoms with Crippen LogP contribution in [0.4, 0.5) is 0 Å². The van der Waals surface area contributed by atoms with Gasteiger partial charge in [-0.05, 0) is 34.7 Å². The molecule has 0 saturated heterocycles. The van der Waals surface area contributed by atoms with E-state index in [2.05, 4.69) is 48.6 Å². The van der Waals surface area contributed by atoms with Gasteiger partial charge in [0.05, 0.1) is 0 Å². The third-order valence-electron chi connectivity index (χ3n) is 2.93. The number of aryl methyl sites for hydroxylation is 1. The first kappa shape index (κ1) is 7.81. The Hall–Kier alpha value is -1.56. The van der Waals surface area contributed by atoms with Gasteiger partial charge in [-0.3, -0.25) is 0 Å². The number of hydrogen-bond donors (Lipinski definition) is 0. The van der Waals surface area contributed by atoms with Crippen molar-refractivity contribution in [2.24, 2.45) is 0 Å². The second-order valence-corrected chi connectivity index (χ2v) is 3.80. The summed E-state index contributed by atoms with van der Waals surface area (Å²) < 4.78 is 0. The summed E-state index contributed by atoms with van der Waals surface area (Å²) in [5.41, 5.74) is 2.92. The third-order valence-corrected chi connectivity index (χ3v) is 2.93. The van der Waals surface area contributed by atoms with E-state index >= 15 is 0 Å². The van der Waals surface area contributed by atoms with Gasteiger partial charge in [0.25, 0.3) is 0 Å². The van der Waals surface area contributed by atoms with Crippen molar-refractivity contribution in [3.8, 4) is 0 Å². The molecule has 0 amide bonds. The molecule has 2 aromatic carbocycles. The number of rotatable bonds is 0. The highest BCUT2D eigenvalue weighted by atomic mass is 14.1. The molecule has 0 nitrogen and oxygen atoms in total. The van der Waals surface area contributed by atoms with E-state index in [-0.39, 0.29) is 0 Å². The van der Waals surface area contributed by atoms with Crippen molar-refractivity contribution in [2.75, 3.05) is 0 Å². The van der Waals surface area contributed by atoms with E-state index in [1.165, 1.54) is 34.7 Å². The summed E-state index contributed by atoms with van der Waals surface area (Å²) in [6, 6.07) is 13.1. The standard InChI is InChI=1S/C14H12/c1-3-7-13-11(5-1)9-10-12-6-2-4-8-14(12)13/h1,3-5,7-10H,2,6H2. The third kappa shape index (κ3) is 1.07. The molecule has 0 heterocycles. The van der Waals surface area contributed by atoms with Crippen molar-refractivity contribution in [2.45, 2.75) is 12.8 Å². The summed E-state index contributed by atoms with van der Waals surface area (Å²) in [4.78, 5) is 0. The molecule has 2 aromatic rings. The zero-order valence-corrected chi connectivity index (χ0v) is 8.03. The van der Waals surface area contributed by atoms with E-state index in [1.54, 1.807) is 0 Å². The van der Waals surface area contributed by atoms with Crippen LogP contribution in [0.15, 0.2) is 42.5 Å². The summed E-state index contributed by atoms with van der Waals surface area (Å²) in [6.07, 6.45) is 6.91. The lowest BCUT2D eigenvalue weighted by molar-refractivity contribution is 0.990. The molecule has 1 aliphatic rings. The molecule has 0 saturated carbocycles.